The number of nitrogens with zero attached hydrogens (tertiary/aromatic N) is 1. The molecule has 0 unspecified atom stereocenters. The van der Waals surface area contributed by atoms with Gasteiger partial charge < -0.3 is 10.4 Å². The zero-order valence-corrected chi connectivity index (χ0v) is 12.7. The number of aromatic amines is 1. The molecule has 1 aliphatic carbocycles. The van der Waals surface area contributed by atoms with Crippen LogP contribution in [-0.2, 0) is 6.42 Å². The van der Waals surface area contributed by atoms with Gasteiger partial charge in [-0.3, -0.25) is 4.98 Å². The highest BCUT2D eigenvalue weighted by Gasteiger charge is 2.32. The summed E-state index contributed by atoms with van der Waals surface area (Å²) in [6.07, 6.45) is 1.76. The maximum absolute atomic E-state index is 8.54. The van der Waals surface area contributed by atoms with Gasteiger partial charge in [0, 0.05) is 27.6 Å². The summed E-state index contributed by atoms with van der Waals surface area (Å²) < 4.78 is 0. The first kappa shape index (κ1) is 12.6. The molecule has 0 aliphatic heterocycles. The van der Waals surface area contributed by atoms with Crippen LogP contribution in [0.3, 0.4) is 0 Å². The van der Waals surface area contributed by atoms with Gasteiger partial charge in [0.05, 0.1) is 16.9 Å². The molecule has 0 radical (unpaired) electrons. The molecular weight excluding hydrogens is 258 g/mol. The third-order valence-electron chi connectivity index (χ3n) is 4.51. The monoisotopic (exact) mass is 277 g/mol. The third-order valence-corrected chi connectivity index (χ3v) is 4.51. The van der Waals surface area contributed by atoms with Crippen molar-refractivity contribution in [3.8, 4) is 0 Å². The molecule has 3 nitrogen and oxygen atoms in total. The minimum atomic E-state index is 0.128. The minimum Gasteiger partial charge on any atom is -0.353 e. The summed E-state index contributed by atoms with van der Waals surface area (Å²) in [6, 6.07) is 8.34. The number of fused-ring (bicyclic) bond motifs is 5. The molecule has 4 rings (SSSR count). The SMILES string of the molecule is Cc1nc2c(c3c1[nH]c1ccccc13)C(=N)CC(C)(C)C2. The number of nitrogens with one attached hydrogen (secondary N) is 2. The lowest BCUT2D eigenvalue weighted by Crippen LogP contribution is -2.28. The minimum absolute atomic E-state index is 0.128. The van der Waals surface area contributed by atoms with E-state index in [0.717, 1.165) is 46.5 Å². The fourth-order valence-electron chi connectivity index (χ4n) is 3.67. The maximum Gasteiger partial charge on any atom is 0.0688 e. The molecule has 0 bridgehead atoms. The number of hydrogen-bond donors (Lipinski definition) is 2. The van der Waals surface area contributed by atoms with E-state index in [-0.39, 0.29) is 5.41 Å². The van der Waals surface area contributed by atoms with E-state index in [9.17, 15) is 0 Å². The van der Waals surface area contributed by atoms with Gasteiger partial charge in [0.2, 0.25) is 0 Å². The second kappa shape index (κ2) is 3.94. The second-order valence-corrected chi connectivity index (χ2v) is 6.94. The normalized spacial score (nSPS) is 17.4. The molecule has 2 N–H and O–H groups in total. The summed E-state index contributed by atoms with van der Waals surface area (Å²) in [5.74, 6) is 0. The van der Waals surface area contributed by atoms with Crippen molar-refractivity contribution in [2.75, 3.05) is 0 Å². The summed E-state index contributed by atoms with van der Waals surface area (Å²) in [7, 11) is 0. The van der Waals surface area contributed by atoms with Crippen molar-refractivity contribution >= 4 is 27.5 Å². The Balaban J connectivity index is 2.18. The molecule has 1 aromatic carbocycles. The van der Waals surface area contributed by atoms with Crippen LogP contribution < -0.4 is 0 Å². The molecule has 0 spiro atoms. The molecule has 3 heteroatoms. The lowest BCUT2D eigenvalue weighted by atomic mass is 9.74. The van der Waals surface area contributed by atoms with Crippen LogP contribution in [0, 0.1) is 17.7 Å². The average molecular weight is 277 g/mol. The van der Waals surface area contributed by atoms with Gasteiger partial charge in [-0.15, -0.1) is 0 Å². The van der Waals surface area contributed by atoms with Crippen LogP contribution in [-0.4, -0.2) is 15.7 Å². The number of H-pyrrole nitrogens is 1. The number of hydrogen-bond acceptors (Lipinski definition) is 2. The van der Waals surface area contributed by atoms with Crippen molar-refractivity contribution in [2.24, 2.45) is 5.41 Å². The molecular formula is C18H19N3. The topological polar surface area (TPSA) is 52.5 Å². The third kappa shape index (κ3) is 1.73. The number of benzene rings is 1. The Labute approximate surface area is 123 Å². The first-order valence-electron chi connectivity index (χ1n) is 7.44. The first-order chi connectivity index (χ1) is 9.96. The van der Waals surface area contributed by atoms with Crippen LogP contribution in [0.15, 0.2) is 24.3 Å². The highest BCUT2D eigenvalue weighted by molar-refractivity contribution is 6.20. The van der Waals surface area contributed by atoms with Crippen LogP contribution in [0.5, 0.6) is 0 Å². The van der Waals surface area contributed by atoms with Crippen molar-refractivity contribution in [1.82, 2.24) is 9.97 Å². The molecule has 0 saturated carbocycles. The van der Waals surface area contributed by atoms with Gasteiger partial charge in [-0.1, -0.05) is 32.0 Å². The average Bonchev–Trinajstić information content (AvgIpc) is 2.77. The van der Waals surface area contributed by atoms with Crippen molar-refractivity contribution < 1.29 is 0 Å². The molecule has 0 fully saturated rings. The Bertz CT molecular complexity index is 900. The molecule has 0 atom stereocenters. The Kier molecular flexibility index (Phi) is 2.36. The number of aromatic nitrogens is 2. The van der Waals surface area contributed by atoms with E-state index in [0.29, 0.717) is 0 Å². The van der Waals surface area contributed by atoms with Crippen LogP contribution in [0.25, 0.3) is 21.8 Å². The quantitative estimate of drug-likeness (QED) is 0.630. The summed E-state index contributed by atoms with van der Waals surface area (Å²) in [5.41, 5.74) is 6.25. The van der Waals surface area contributed by atoms with Gasteiger partial charge in [-0.25, -0.2) is 0 Å². The Morgan fingerprint density at radius 2 is 1.95 bits per heavy atom. The Morgan fingerprint density at radius 1 is 1.19 bits per heavy atom. The van der Waals surface area contributed by atoms with Gasteiger partial charge in [-0.2, -0.15) is 0 Å². The zero-order chi connectivity index (χ0) is 14.8. The predicted octanol–water partition coefficient (Wildman–Crippen LogP) is 4.36. The molecule has 1 aliphatic rings. The summed E-state index contributed by atoms with van der Waals surface area (Å²) >= 11 is 0. The number of aryl methyl sites for hydroxylation is 1. The summed E-state index contributed by atoms with van der Waals surface area (Å²) in [6.45, 7) is 6.51. The molecule has 3 aromatic rings. The second-order valence-electron chi connectivity index (χ2n) is 6.94. The molecule has 2 heterocycles. The van der Waals surface area contributed by atoms with E-state index >= 15 is 0 Å². The maximum atomic E-state index is 8.54. The smallest absolute Gasteiger partial charge is 0.0688 e. The van der Waals surface area contributed by atoms with Crippen molar-refractivity contribution in [3.05, 3.63) is 41.2 Å². The molecule has 21 heavy (non-hydrogen) atoms. The van der Waals surface area contributed by atoms with Crippen molar-refractivity contribution in [1.29, 1.82) is 5.41 Å². The van der Waals surface area contributed by atoms with Gasteiger partial charge in [-0.05, 0) is 31.2 Å². The number of pyridine rings is 1. The molecule has 106 valence electrons. The van der Waals surface area contributed by atoms with Gasteiger partial charge in [0.25, 0.3) is 0 Å². The number of rotatable bonds is 0. The lowest BCUT2D eigenvalue weighted by Gasteiger charge is -2.31. The Hall–Kier alpha value is -2.16. The van der Waals surface area contributed by atoms with Crippen LogP contribution in [0.4, 0.5) is 0 Å². The van der Waals surface area contributed by atoms with E-state index < -0.39 is 0 Å². The van der Waals surface area contributed by atoms with E-state index in [1.54, 1.807) is 0 Å². The summed E-state index contributed by atoms with van der Waals surface area (Å²) in [4.78, 5) is 8.29. The Morgan fingerprint density at radius 3 is 2.76 bits per heavy atom. The molecule has 0 saturated heterocycles. The number of para-hydroxylation sites is 1. The van der Waals surface area contributed by atoms with Crippen molar-refractivity contribution in [3.63, 3.8) is 0 Å². The van der Waals surface area contributed by atoms with Gasteiger partial charge in [0.1, 0.15) is 0 Å². The highest BCUT2D eigenvalue weighted by Crippen LogP contribution is 2.39. The molecule has 0 amide bonds. The first-order valence-corrected chi connectivity index (χ1v) is 7.44. The van der Waals surface area contributed by atoms with E-state index in [1.165, 1.54) is 10.8 Å². The van der Waals surface area contributed by atoms with E-state index in [4.69, 9.17) is 10.4 Å². The van der Waals surface area contributed by atoms with E-state index in [1.807, 2.05) is 6.07 Å². The predicted molar refractivity (Wildman–Crippen MR) is 87.3 cm³/mol. The van der Waals surface area contributed by atoms with Crippen molar-refractivity contribution in [2.45, 2.75) is 33.6 Å². The largest absolute Gasteiger partial charge is 0.353 e. The van der Waals surface area contributed by atoms with Crippen LogP contribution in [0.1, 0.15) is 37.2 Å². The molecule has 2 aromatic heterocycles. The lowest BCUT2D eigenvalue weighted by molar-refractivity contribution is 0.367. The standard InChI is InChI=1S/C18H19N3/c1-10-17-15(11-6-4-5-7-13(11)21-17)16-12(19)8-18(2,3)9-14(16)20-10/h4-7,19,21H,8-9H2,1-3H3. The summed E-state index contributed by atoms with van der Waals surface area (Å²) in [5, 5.41) is 10.9. The van der Waals surface area contributed by atoms with Crippen LogP contribution in [0.2, 0.25) is 0 Å². The van der Waals surface area contributed by atoms with Crippen LogP contribution >= 0.6 is 0 Å². The van der Waals surface area contributed by atoms with E-state index in [2.05, 4.69) is 44.0 Å². The highest BCUT2D eigenvalue weighted by atomic mass is 14.8. The van der Waals surface area contributed by atoms with Gasteiger partial charge >= 0.3 is 0 Å². The van der Waals surface area contributed by atoms with Gasteiger partial charge in [0.15, 0.2) is 0 Å². The fourth-order valence-corrected chi connectivity index (χ4v) is 3.67. The zero-order valence-electron chi connectivity index (χ0n) is 12.7. The fraction of sp³-hybridized carbons (Fsp3) is 0.333.